The zero-order chi connectivity index (χ0) is 19.3. The standard InChI is InChI=1S/C21H17N3O3S/c25-20-18(23-21(28)24(20)13-17-8-5-11-26-17)12-15-6-1-2-9-19(15)27-14-16-7-3-4-10-22-16/h1-12H,13-14H2,(H,23,28). The van der Waals surface area contributed by atoms with Crippen molar-refractivity contribution in [3.8, 4) is 5.75 Å². The van der Waals surface area contributed by atoms with Crippen molar-refractivity contribution < 1.29 is 13.9 Å². The van der Waals surface area contributed by atoms with Gasteiger partial charge in [0.2, 0.25) is 0 Å². The van der Waals surface area contributed by atoms with Crippen molar-refractivity contribution in [1.29, 1.82) is 0 Å². The van der Waals surface area contributed by atoms with Crippen molar-refractivity contribution in [3.05, 3.63) is 89.8 Å². The number of carbonyl (C=O) groups is 1. The molecule has 1 amide bonds. The van der Waals surface area contributed by atoms with Gasteiger partial charge in [0.1, 0.15) is 23.8 Å². The van der Waals surface area contributed by atoms with Crippen molar-refractivity contribution in [2.45, 2.75) is 13.2 Å². The van der Waals surface area contributed by atoms with Gasteiger partial charge in [-0.25, -0.2) is 0 Å². The number of para-hydroxylation sites is 1. The van der Waals surface area contributed by atoms with Crippen LogP contribution < -0.4 is 10.1 Å². The Morgan fingerprint density at radius 3 is 2.79 bits per heavy atom. The Labute approximate surface area is 167 Å². The predicted molar refractivity (Wildman–Crippen MR) is 108 cm³/mol. The van der Waals surface area contributed by atoms with Gasteiger partial charge in [-0.3, -0.25) is 14.7 Å². The summed E-state index contributed by atoms with van der Waals surface area (Å²) in [5.74, 6) is 1.12. The molecule has 0 atom stereocenters. The lowest BCUT2D eigenvalue weighted by Crippen LogP contribution is -2.29. The maximum Gasteiger partial charge on any atom is 0.276 e. The summed E-state index contributed by atoms with van der Waals surface area (Å²) < 4.78 is 11.2. The highest BCUT2D eigenvalue weighted by molar-refractivity contribution is 7.80. The fourth-order valence-corrected chi connectivity index (χ4v) is 3.05. The third kappa shape index (κ3) is 3.94. The second kappa shape index (κ2) is 8.06. The van der Waals surface area contributed by atoms with Crippen LogP contribution in [0, 0.1) is 0 Å². The predicted octanol–water partition coefficient (Wildman–Crippen LogP) is 3.51. The van der Waals surface area contributed by atoms with Gasteiger partial charge in [-0.1, -0.05) is 24.3 Å². The fourth-order valence-electron chi connectivity index (χ4n) is 2.80. The number of nitrogens with zero attached hydrogens (tertiary/aromatic N) is 2. The van der Waals surface area contributed by atoms with E-state index < -0.39 is 0 Å². The van der Waals surface area contributed by atoms with Crippen molar-refractivity contribution in [1.82, 2.24) is 15.2 Å². The minimum atomic E-state index is -0.207. The molecule has 0 unspecified atom stereocenters. The van der Waals surface area contributed by atoms with Crippen LogP contribution in [0.2, 0.25) is 0 Å². The van der Waals surface area contributed by atoms with Crippen LogP contribution in [0.5, 0.6) is 5.75 Å². The number of rotatable bonds is 6. The van der Waals surface area contributed by atoms with E-state index >= 15 is 0 Å². The van der Waals surface area contributed by atoms with Crippen LogP contribution in [-0.2, 0) is 17.9 Å². The van der Waals surface area contributed by atoms with Crippen LogP contribution in [-0.4, -0.2) is 20.9 Å². The first kappa shape index (κ1) is 17.9. The smallest absolute Gasteiger partial charge is 0.276 e. The van der Waals surface area contributed by atoms with E-state index in [9.17, 15) is 4.79 Å². The minimum Gasteiger partial charge on any atom is -0.487 e. The van der Waals surface area contributed by atoms with Gasteiger partial charge in [-0.2, -0.15) is 0 Å². The summed E-state index contributed by atoms with van der Waals surface area (Å²) in [6.45, 7) is 0.623. The van der Waals surface area contributed by atoms with Gasteiger partial charge in [-0.15, -0.1) is 0 Å². The first-order valence-electron chi connectivity index (χ1n) is 8.69. The van der Waals surface area contributed by atoms with Crippen molar-refractivity contribution >= 4 is 29.3 Å². The van der Waals surface area contributed by atoms with E-state index in [1.807, 2.05) is 42.5 Å². The molecule has 2 aromatic heterocycles. The number of amides is 1. The summed E-state index contributed by atoms with van der Waals surface area (Å²) in [5.41, 5.74) is 1.99. The lowest BCUT2D eigenvalue weighted by Gasteiger charge is -2.11. The summed E-state index contributed by atoms with van der Waals surface area (Å²) in [6, 6.07) is 16.8. The summed E-state index contributed by atoms with van der Waals surface area (Å²) in [6.07, 6.45) is 5.03. The molecule has 1 aliphatic rings. The SMILES string of the molecule is O=C1C(=Cc2ccccc2OCc2ccccn2)NC(=S)N1Cc1ccco1. The number of hydrogen-bond donors (Lipinski definition) is 1. The zero-order valence-electron chi connectivity index (χ0n) is 14.9. The molecule has 3 heterocycles. The summed E-state index contributed by atoms with van der Waals surface area (Å²) in [4.78, 5) is 18.5. The highest BCUT2D eigenvalue weighted by atomic mass is 32.1. The maximum atomic E-state index is 12.8. The fraction of sp³-hybridized carbons (Fsp3) is 0.0952. The number of benzene rings is 1. The monoisotopic (exact) mass is 391 g/mol. The number of furan rings is 1. The van der Waals surface area contributed by atoms with Crippen LogP contribution in [0.25, 0.3) is 6.08 Å². The van der Waals surface area contributed by atoms with Crippen LogP contribution in [0.4, 0.5) is 0 Å². The second-order valence-corrected chi connectivity index (χ2v) is 6.49. The molecule has 0 radical (unpaired) electrons. The lowest BCUT2D eigenvalue weighted by atomic mass is 10.1. The van der Waals surface area contributed by atoms with E-state index in [1.54, 1.807) is 30.7 Å². The van der Waals surface area contributed by atoms with E-state index in [2.05, 4.69) is 10.3 Å². The Bertz CT molecular complexity index is 1020. The van der Waals surface area contributed by atoms with Crippen molar-refractivity contribution in [2.24, 2.45) is 0 Å². The molecule has 6 nitrogen and oxygen atoms in total. The molecule has 1 aromatic carbocycles. The highest BCUT2D eigenvalue weighted by Gasteiger charge is 2.31. The first-order chi connectivity index (χ1) is 13.7. The average molecular weight is 391 g/mol. The minimum absolute atomic E-state index is 0.207. The Morgan fingerprint density at radius 1 is 1.14 bits per heavy atom. The molecule has 0 saturated carbocycles. The summed E-state index contributed by atoms with van der Waals surface area (Å²) in [5, 5.41) is 3.32. The Kier molecular flexibility index (Phi) is 5.16. The Balaban J connectivity index is 1.52. The van der Waals surface area contributed by atoms with Crippen molar-refractivity contribution in [3.63, 3.8) is 0 Å². The van der Waals surface area contributed by atoms with Crippen LogP contribution in [0.1, 0.15) is 17.0 Å². The normalized spacial score (nSPS) is 15.1. The molecule has 7 heteroatoms. The Morgan fingerprint density at radius 2 is 2.00 bits per heavy atom. The number of ether oxygens (including phenoxy) is 1. The molecular weight excluding hydrogens is 374 g/mol. The number of nitrogens with one attached hydrogen (secondary N) is 1. The second-order valence-electron chi connectivity index (χ2n) is 6.11. The molecule has 28 heavy (non-hydrogen) atoms. The van der Waals surface area contributed by atoms with E-state index in [1.165, 1.54) is 4.90 Å². The molecule has 1 saturated heterocycles. The lowest BCUT2D eigenvalue weighted by molar-refractivity contribution is -0.122. The number of hydrogen-bond acceptors (Lipinski definition) is 5. The van der Waals surface area contributed by atoms with E-state index in [0.717, 1.165) is 11.3 Å². The third-order valence-electron chi connectivity index (χ3n) is 4.18. The summed E-state index contributed by atoms with van der Waals surface area (Å²) in [7, 11) is 0. The van der Waals surface area contributed by atoms with Crippen LogP contribution >= 0.6 is 12.2 Å². The molecule has 1 fully saturated rings. The zero-order valence-corrected chi connectivity index (χ0v) is 15.7. The van der Waals surface area contributed by atoms with Gasteiger partial charge in [0.15, 0.2) is 5.11 Å². The number of pyridine rings is 1. The van der Waals surface area contributed by atoms with Gasteiger partial charge in [0.25, 0.3) is 5.91 Å². The molecular formula is C21H17N3O3S. The molecule has 0 spiro atoms. The number of thiocarbonyl (C=S) groups is 1. The number of carbonyl (C=O) groups excluding carboxylic acids is 1. The topological polar surface area (TPSA) is 67.6 Å². The molecule has 1 aliphatic heterocycles. The van der Waals surface area contributed by atoms with E-state index in [-0.39, 0.29) is 12.5 Å². The number of aromatic nitrogens is 1. The maximum absolute atomic E-state index is 12.8. The quantitative estimate of drug-likeness (QED) is 0.512. The Hall–Kier alpha value is -3.45. The van der Waals surface area contributed by atoms with E-state index in [0.29, 0.717) is 28.9 Å². The molecule has 140 valence electrons. The van der Waals surface area contributed by atoms with Crippen LogP contribution in [0.3, 0.4) is 0 Å². The van der Waals surface area contributed by atoms with Gasteiger partial charge in [-0.05, 0) is 48.6 Å². The molecule has 0 bridgehead atoms. The first-order valence-corrected chi connectivity index (χ1v) is 9.10. The summed E-state index contributed by atoms with van der Waals surface area (Å²) >= 11 is 5.30. The van der Waals surface area contributed by atoms with Crippen molar-refractivity contribution in [2.75, 3.05) is 0 Å². The van der Waals surface area contributed by atoms with Gasteiger partial charge in [0.05, 0.1) is 18.5 Å². The molecule has 3 aromatic rings. The highest BCUT2D eigenvalue weighted by Crippen LogP contribution is 2.24. The molecule has 0 aliphatic carbocycles. The third-order valence-corrected chi connectivity index (χ3v) is 4.50. The molecule has 4 rings (SSSR count). The van der Waals surface area contributed by atoms with Gasteiger partial charge in [0, 0.05) is 11.8 Å². The van der Waals surface area contributed by atoms with Gasteiger partial charge >= 0.3 is 0 Å². The van der Waals surface area contributed by atoms with E-state index in [4.69, 9.17) is 21.4 Å². The van der Waals surface area contributed by atoms with Crippen LogP contribution in [0.15, 0.2) is 77.2 Å². The largest absolute Gasteiger partial charge is 0.487 e. The average Bonchev–Trinajstić information content (AvgIpc) is 3.32. The molecule has 1 N–H and O–H groups in total. The van der Waals surface area contributed by atoms with Gasteiger partial charge < -0.3 is 14.5 Å².